The van der Waals surface area contributed by atoms with E-state index in [0.29, 0.717) is 15.7 Å². The van der Waals surface area contributed by atoms with E-state index in [0.717, 1.165) is 0 Å². The number of halogens is 3. The molecule has 1 aromatic heterocycles. The van der Waals surface area contributed by atoms with Crippen LogP contribution >= 0.6 is 34.8 Å². The molecule has 0 fully saturated rings. The molecule has 0 aliphatic carbocycles. The fourth-order valence-electron chi connectivity index (χ4n) is 1.26. The fourth-order valence-corrected chi connectivity index (χ4v) is 1.86. The summed E-state index contributed by atoms with van der Waals surface area (Å²) in [7, 11) is 0. The molecule has 0 spiro atoms. The van der Waals surface area contributed by atoms with Crippen molar-refractivity contribution < 1.29 is 4.79 Å². The number of carbonyl (C=O) groups excluding carboxylic acids is 1. The number of amides is 1. The van der Waals surface area contributed by atoms with E-state index in [1.807, 2.05) is 0 Å². The van der Waals surface area contributed by atoms with Crippen LogP contribution in [-0.4, -0.2) is 16.1 Å². The summed E-state index contributed by atoms with van der Waals surface area (Å²) in [5.41, 5.74) is 5.97. The lowest BCUT2D eigenvalue weighted by molar-refractivity contribution is 0.102. The standard InChI is InChI=1S/C10H7Cl3N4O/c11-4-1-6(13)7(2-5(4)12)15-10(18)8-3-9(14)17-16-8/h1-3H,(H,15,18)(H3,14,16,17). The normalized spacial score (nSPS) is 10.4. The number of anilines is 2. The van der Waals surface area contributed by atoms with Gasteiger partial charge in [0.15, 0.2) is 0 Å². The molecular weight excluding hydrogens is 298 g/mol. The molecule has 8 heteroatoms. The summed E-state index contributed by atoms with van der Waals surface area (Å²) in [6, 6.07) is 4.31. The SMILES string of the molecule is Nc1cc(C(=O)Nc2cc(Cl)c(Cl)cc2Cl)[nH]n1. The van der Waals surface area contributed by atoms with Gasteiger partial charge >= 0.3 is 0 Å². The van der Waals surface area contributed by atoms with Crippen LogP contribution < -0.4 is 11.1 Å². The van der Waals surface area contributed by atoms with Gasteiger partial charge in [-0.2, -0.15) is 5.10 Å². The van der Waals surface area contributed by atoms with Gasteiger partial charge in [0, 0.05) is 6.07 Å². The molecule has 94 valence electrons. The van der Waals surface area contributed by atoms with Crippen LogP contribution in [0.3, 0.4) is 0 Å². The molecule has 1 aromatic carbocycles. The zero-order valence-electron chi connectivity index (χ0n) is 8.80. The summed E-state index contributed by atoms with van der Waals surface area (Å²) in [4.78, 5) is 11.8. The van der Waals surface area contributed by atoms with Gasteiger partial charge in [-0.15, -0.1) is 0 Å². The third kappa shape index (κ3) is 2.69. The molecule has 5 nitrogen and oxygen atoms in total. The molecule has 0 atom stereocenters. The third-order valence-corrected chi connectivity index (χ3v) is 3.14. The van der Waals surface area contributed by atoms with Crippen LogP contribution in [0, 0.1) is 0 Å². The maximum Gasteiger partial charge on any atom is 0.273 e. The van der Waals surface area contributed by atoms with E-state index in [-0.39, 0.29) is 16.5 Å². The lowest BCUT2D eigenvalue weighted by atomic mass is 10.3. The molecule has 0 bridgehead atoms. The predicted octanol–water partition coefficient (Wildman–Crippen LogP) is 3.20. The van der Waals surface area contributed by atoms with Crippen LogP contribution in [0.25, 0.3) is 0 Å². The quantitative estimate of drug-likeness (QED) is 0.745. The van der Waals surface area contributed by atoms with Gasteiger partial charge in [-0.1, -0.05) is 34.8 Å². The van der Waals surface area contributed by atoms with Gasteiger partial charge in [-0.3, -0.25) is 9.89 Å². The largest absolute Gasteiger partial charge is 0.382 e. The smallest absolute Gasteiger partial charge is 0.273 e. The number of carbonyl (C=O) groups is 1. The number of nitrogens with one attached hydrogen (secondary N) is 2. The average molecular weight is 306 g/mol. The molecule has 0 unspecified atom stereocenters. The number of nitrogens with zero attached hydrogens (tertiary/aromatic N) is 1. The Hall–Kier alpha value is -1.43. The highest BCUT2D eigenvalue weighted by Crippen LogP contribution is 2.32. The van der Waals surface area contributed by atoms with Crippen LogP contribution in [0.4, 0.5) is 11.5 Å². The monoisotopic (exact) mass is 304 g/mol. The van der Waals surface area contributed by atoms with E-state index >= 15 is 0 Å². The maximum absolute atomic E-state index is 11.8. The van der Waals surface area contributed by atoms with Crippen LogP contribution in [0.2, 0.25) is 15.1 Å². The van der Waals surface area contributed by atoms with Crippen molar-refractivity contribution >= 4 is 52.2 Å². The maximum atomic E-state index is 11.8. The first-order chi connectivity index (χ1) is 8.47. The molecule has 1 heterocycles. The lowest BCUT2D eigenvalue weighted by Crippen LogP contribution is -2.12. The summed E-state index contributed by atoms with van der Waals surface area (Å²) in [6.07, 6.45) is 0. The number of H-pyrrole nitrogens is 1. The van der Waals surface area contributed by atoms with E-state index in [9.17, 15) is 4.79 Å². The minimum absolute atomic E-state index is 0.217. The molecule has 0 saturated carbocycles. The Balaban J connectivity index is 2.24. The Morgan fingerprint density at radius 1 is 1.17 bits per heavy atom. The molecule has 0 aliphatic rings. The van der Waals surface area contributed by atoms with Gasteiger partial charge in [0.1, 0.15) is 11.5 Å². The van der Waals surface area contributed by atoms with Gasteiger partial charge in [0.25, 0.3) is 5.91 Å². The Morgan fingerprint density at radius 3 is 2.44 bits per heavy atom. The minimum atomic E-state index is -0.431. The summed E-state index contributed by atoms with van der Waals surface area (Å²) >= 11 is 17.5. The lowest BCUT2D eigenvalue weighted by Gasteiger charge is -2.07. The molecule has 0 aliphatic heterocycles. The number of nitrogens with two attached hydrogens (primary N) is 1. The Bertz CT molecular complexity index is 611. The molecule has 2 aromatic rings. The highest BCUT2D eigenvalue weighted by molar-refractivity contribution is 6.44. The average Bonchev–Trinajstić information content (AvgIpc) is 2.73. The zero-order valence-corrected chi connectivity index (χ0v) is 11.1. The Morgan fingerprint density at radius 2 is 1.83 bits per heavy atom. The topological polar surface area (TPSA) is 83.8 Å². The van der Waals surface area contributed by atoms with E-state index < -0.39 is 5.91 Å². The van der Waals surface area contributed by atoms with Crippen LogP contribution in [0.1, 0.15) is 10.5 Å². The fraction of sp³-hybridized carbons (Fsp3) is 0. The van der Waals surface area contributed by atoms with Gasteiger partial charge in [0.05, 0.1) is 20.8 Å². The Labute approximate surface area is 117 Å². The highest BCUT2D eigenvalue weighted by atomic mass is 35.5. The van der Waals surface area contributed by atoms with E-state index in [1.54, 1.807) is 0 Å². The zero-order chi connectivity index (χ0) is 13.3. The molecule has 4 N–H and O–H groups in total. The van der Waals surface area contributed by atoms with Crippen molar-refractivity contribution in [1.29, 1.82) is 0 Å². The van der Waals surface area contributed by atoms with Crippen molar-refractivity contribution in [3.05, 3.63) is 39.0 Å². The number of aromatic nitrogens is 2. The summed E-state index contributed by atoms with van der Waals surface area (Å²) in [5, 5.41) is 9.58. The number of rotatable bonds is 2. The number of hydrogen-bond acceptors (Lipinski definition) is 3. The van der Waals surface area contributed by atoms with Crippen molar-refractivity contribution in [3.63, 3.8) is 0 Å². The van der Waals surface area contributed by atoms with Crippen molar-refractivity contribution in [2.24, 2.45) is 0 Å². The van der Waals surface area contributed by atoms with E-state index in [4.69, 9.17) is 40.5 Å². The summed E-state index contributed by atoms with van der Waals surface area (Å²) in [5.74, 6) is -0.208. The van der Waals surface area contributed by atoms with Crippen molar-refractivity contribution in [1.82, 2.24) is 10.2 Å². The molecule has 2 rings (SSSR count). The summed E-state index contributed by atoms with van der Waals surface area (Å²) < 4.78 is 0. The first-order valence-corrected chi connectivity index (χ1v) is 5.87. The van der Waals surface area contributed by atoms with Crippen LogP contribution in [0.5, 0.6) is 0 Å². The number of hydrogen-bond donors (Lipinski definition) is 3. The van der Waals surface area contributed by atoms with Crippen LogP contribution in [-0.2, 0) is 0 Å². The second kappa shape index (κ2) is 5.06. The van der Waals surface area contributed by atoms with Gasteiger partial charge in [-0.05, 0) is 12.1 Å². The molecule has 18 heavy (non-hydrogen) atoms. The van der Waals surface area contributed by atoms with E-state index in [1.165, 1.54) is 18.2 Å². The van der Waals surface area contributed by atoms with Gasteiger partial charge in [-0.25, -0.2) is 0 Å². The Kier molecular flexibility index (Phi) is 3.65. The molecule has 1 amide bonds. The number of nitrogen functional groups attached to an aromatic ring is 1. The number of benzene rings is 1. The first kappa shape index (κ1) is 13.0. The second-order valence-corrected chi connectivity index (χ2v) is 4.63. The second-order valence-electron chi connectivity index (χ2n) is 3.41. The van der Waals surface area contributed by atoms with Crippen molar-refractivity contribution in [2.45, 2.75) is 0 Å². The van der Waals surface area contributed by atoms with Gasteiger partial charge in [0.2, 0.25) is 0 Å². The molecular formula is C10H7Cl3N4O. The first-order valence-electron chi connectivity index (χ1n) is 4.74. The number of aromatic amines is 1. The minimum Gasteiger partial charge on any atom is -0.382 e. The highest BCUT2D eigenvalue weighted by Gasteiger charge is 2.12. The van der Waals surface area contributed by atoms with Gasteiger partial charge < -0.3 is 11.1 Å². The molecule has 0 radical (unpaired) electrons. The third-order valence-electron chi connectivity index (χ3n) is 2.10. The predicted molar refractivity (Wildman–Crippen MR) is 72.4 cm³/mol. The summed E-state index contributed by atoms with van der Waals surface area (Å²) in [6.45, 7) is 0. The van der Waals surface area contributed by atoms with Crippen LogP contribution in [0.15, 0.2) is 18.2 Å². The van der Waals surface area contributed by atoms with E-state index in [2.05, 4.69) is 15.5 Å². The van der Waals surface area contributed by atoms with Crippen molar-refractivity contribution in [2.75, 3.05) is 11.1 Å². The van der Waals surface area contributed by atoms with Crippen molar-refractivity contribution in [3.8, 4) is 0 Å². The molecule has 0 saturated heterocycles.